The number of morpholine rings is 1. The number of rotatable bonds is 5. The molecule has 8 nitrogen and oxygen atoms in total. The van der Waals surface area contributed by atoms with Crippen LogP contribution in [-0.2, 0) is 29.1 Å². The van der Waals surface area contributed by atoms with Gasteiger partial charge in [-0.2, -0.15) is 4.31 Å². The van der Waals surface area contributed by atoms with Crippen LogP contribution in [0.15, 0.2) is 17.0 Å². The zero-order valence-electron chi connectivity index (χ0n) is 18.0. The van der Waals surface area contributed by atoms with Crippen LogP contribution < -0.4 is 0 Å². The van der Waals surface area contributed by atoms with E-state index in [2.05, 4.69) is 0 Å². The third kappa shape index (κ3) is 4.68. The molecule has 0 aromatic heterocycles. The molecular formula is C21H30N2O6S. The van der Waals surface area contributed by atoms with Crippen molar-refractivity contribution in [2.24, 2.45) is 0 Å². The normalized spacial score (nSPS) is 22.9. The molecule has 3 rings (SSSR count). The Labute approximate surface area is 178 Å². The number of amides is 1. The minimum absolute atomic E-state index is 0.0603. The predicted octanol–water partition coefficient (Wildman–Crippen LogP) is 1.56. The fourth-order valence-corrected chi connectivity index (χ4v) is 6.38. The highest BCUT2D eigenvalue weighted by Gasteiger charge is 2.41. The third-order valence-electron chi connectivity index (χ3n) is 5.58. The molecule has 2 unspecified atom stereocenters. The van der Waals surface area contributed by atoms with Gasteiger partial charge in [0.05, 0.1) is 17.6 Å². The lowest BCUT2D eigenvalue weighted by Crippen LogP contribution is -2.47. The van der Waals surface area contributed by atoms with Crippen molar-refractivity contribution in [1.82, 2.24) is 9.21 Å². The van der Waals surface area contributed by atoms with Crippen LogP contribution in [0.4, 0.5) is 0 Å². The zero-order valence-corrected chi connectivity index (χ0v) is 18.8. The van der Waals surface area contributed by atoms with Crippen molar-refractivity contribution in [3.8, 4) is 0 Å². The summed E-state index contributed by atoms with van der Waals surface area (Å²) in [6.07, 6.45) is 0.887. The number of esters is 1. The smallest absolute Gasteiger partial charge is 0.324 e. The number of carbonyl (C=O) groups is 2. The van der Waals surface area contributed by atoms with Crippen LogP contribution in [0.5, 0.6) is 0 Å². The highest BCUT2D eigenvalue weighted by molar-refractivity contribution is 7.89. The van der Waals surface area contributed by atoms with E-state index in [1.807, 2.05) is 26.0 Å². The highest BCUT2D eigenvalue weighted by Crippen LogP contribution is 2.31. The molecule has 0 bridgehead atoms. The van der Waals surface area contributed by atoms with E-state index < -0.39 is 28.6 Å². The number of hydrogen-bond acceptors (Lipinski definition) is 6. The molecule has 1 aromatic rings. The van der Waals surface area contributed by atoms with Gasteiger partial charge in [-0.15, -0.1) is 0 Å². The van der Waals surface area contributed by atoms with E-state index in [0.29, 0.717) is 43.7 Å². The van der Waals surface area contributed by atoms with Gasteiger partial charge in [0.2, 0.25) is 10.0 Å². The lowest BCUT2D eigenvalue weighted by Gasteiger charge is -2.31. The second kappa shape index (κ2) is 9.03. The molecule has 166 valence electrons. The largest absolute Gasteiger partial charge is 0.454 e. The Balaban J connectivity index is 1.70. The molecular weight excluding hydrogens is 408 g/mol. The first-order chi connectivity index (χ1) is 14.1. The Hall–Kier alpha value is -1.97. The van der Waals surface area contributed by atoms with Crippen molar-refractivity contribution in [2.75, 3.05) is 32.8 Å². The molecule has 1 amide bonds. The van der Waals surface area contributed by atoms with E-state index >= 15 is 0 Å². The average Bonchev–Trinajstić information content (AvgIpc) is 3.15. The van der Waals surface area contributed by atoms with Gasteiger partial charge >= 0.3 is 5.97 Å². The lowest BCUT2D eigenvalue weighted by molar-refractivity contribution is -0.157. The van der Waals surface area contributed by atoms with Crippen LogP contribution in [-0.4, -0.2) is 74.5 Å². The minimum Gasteiger partial charge on any atom is -0.454 e. The Morgan fingerprint density at radius 3 is 2.47 bits per heavy atom. The van der Waals surface area contributed by atoms with Gasteiger partial charge in [-0.05, 0) is 51.7 Å². The maximum absolute atomic E-state index is 13.4. The van der Waals surface area contributed by atoms with Gasteiger partial charge < -0.3 is 14.4 Å². The molecule has 1 aromatic carbocycles. The van der Waals surface area contributed by atoms with E-state index in [1.165, 1.54) is 4.31 Å². The molecule has 2 atom stereocenters. The van der Waals surface area contributed by atoms with Gasteiger partial charge in [0.25, 0.3) is 5.91 Å². The summed E-state index contributed by atoms with van der Waals surface area (Å²) in [4.78, 5) is 26.9. The van der Waals surface area contributed by atoms with Crippen LogP contribution in [0.1, 0.15) is 36.5 Å². The molecule has 2 fully saturated rings. The Kier molecular flexibility index (Phi) is 6.84. The van der Waals surface area contributed by atoms with Crippen LogP contribution in [0.25, 0.3) is 0 Å². The molecule has 0 saturated carbocycles. The SMILES string of the molecule is Cc1cc(C)c(S(=O)(=O)N2CCCC2C(=O)OCC(=O)N2CCOC(C)C2)c(C)c1. The van der Waals surface area contributed by atoms with Crippen molar-refractivity contribution in [3.63, 3.8) is 0 Å². The number of carbonyl (C=O) groups excluding carboxylic acids is 2. The van der Waals surface area contributed by atoms with Crippen molar-refractivity contribution < 1.29 is 27.5 Å². The molecule has 2 aliphatic heterocycles. The second-order valence-electron chi connectivity index (χ2n) is 8.13. The number of hydrogen-bond donors (Lipinski definition) is 0. The summed E-state index contributed by atoms with van der Waals surface area (Å²) in [5.74, 6) is -0.968. The summed E-state index contributed by atoms with van der Waals surface area (Å²) in [6.45, 7) is 8.53. The third-order valence-corrected chi connectivity index (χ3v) is 7.79. The van der Waals surface area contributed by atoms with Crippen molar-refractivity contribution >= 4 is 21.9 Å². The first-order valence-corrected chi connectivity index (χ1v) is 11.7. The molecule has 0 aliphatic carbocycles. The number of nitrogens with zero attached hydrogens (tertiary/aromatic N) is 2. The second-order valence-corrected chi connectivity index (χ2v) is 9.96. The Bertz CT molecular complexity index is 906. The van der Waals surface area contributed by atoms with Crippen molar-refractivity contribution in [3.05, 3.63) is 28.8 Å². The zero-order chi connectivity index (χ0) is 22.1. The molecule has 2 aliphatic rings. The van der Waals surface area contributed by atoms with E-state index in [9.17, 15) is 18.0 Å². The van der Waals surface area contributed by atoms with E-state index in [0.717, 1.165) is 5.56 Å². The average molecular weight is 439 g/mol. The highest BCUT2D eigenvalue weighted by atomic mass is 32.2. The number of aryl methyl sites for hydroxylation is 3. The van der Waals surface area contributed by atoms with E-state index in [4.69, 9.17) is 9.47 Å². The summed E-state index contributed by atoms with van der Waals surface area (Å²) in [5, 5.41) is 0. The topological polar surface area (TPSA) is 93.2 Å². The lowest BCUT2D eigenvalue weighted by atomic mass is 10.1. The maximum Gasteiger partial charge on any atom is 0.324 e. The van der Waals surface area contributed by atoms with Gasteiger partial charge in [0.1, 0.15) is 6.04 Å². The predicted molar refractivity (Wildman–Crippen MR) is 111 cm³/mol. The number of ether oxygens (including phenoxy) is 2. The Morgan fingerprint density at radius 1 is 1.17 bits per heavy atom. The van der Waals surface area contributed by atoms with Crippen LogP contribution >= 0.6 is 0 Å². The van der Waals surface area contributed by atoms with Crippen molar-refractivity contribution in [1.29, 1.82) is 0 Å². The molecule has 2 heterocycles. The number of benzene rings is 1. The van der Waals surface area contributed by atoms with Crippen LogP contribution in [0.2, 0.25) is 0 Å². The van der Waals surface area contributed by atoms with Gasteiger partial charge in [0, 0.05) is 19.6 Å². The maximum atomic E-state index is 13.4. The molecule has 0 N–H and O–H groups in total. The summed E-state index contributed by atoms with van der Waals surface area (Å²) >= 11 is 0. The summed E-state index contributed by atoms with van der Waals surface area (Å²) in [6, 6.07) is 2.74. The standard InChI is InChI=1S/C21H30N2O6S/c1-14-10-15(2)20(16(3)11-14)30(26,27)23-7-5-6-18(23)21(25)29-13-19(24)22-8-9-28-17(4)12-22/h10-11,17-18H,5-9,12-13H2,1-4H3. The quantitative estimate of drug-likeness (QED) is 0.648. The molecule has 0 radical (unpaired) electrons. The van der Waals surface area contributed by atoms with E-state index in [-0.39, 0.29) is 23.5 Å². The fraction of sp³-hybridized carbons (Fsp3) is 0.619. The summed E-state index contributed by atoms with van der Waals surface area (Å²) in [7, 11) is -3.86. The van der Waals surface area contributed by atoms with Gasteiger partial charge in [-0.3, -0.25) is 9.59 Å². The van der Waals surface area contributed by atoms with E-state index in [1.54, 1.807) is 18.7 Å². The molecule has 9 heteroatoms. The molecule has 30 heavy (non-hydrogen) atoms. The number of sulfonamides is 1. The van der Waals surface area contributed by atoms with Crippen LogP contribution in [0.3, 0.4) is 0 Å². The molecule has 0 spiro atoms. The monoisotopic (exact) mass is 438 g/mol. The first kappa shape index (κ1) is 22.7. The van der Waals surface area contributed by atoms with Gasteiger partial charge in [0.15, 0.2) is 6.61 Å². The minimum atomic E-state index is -3.86. The summed E-state index contributed by atoms with van der Waals surface area (Å²) in [5.41, 5.74) is 2.29. The van der Waals surface area contributed by atoms with Crippen molar-refractivity contribution in [2.45, 2.75) is 57.6 Å². The van der Waals surface area contributed by atoms with Crippen LogP contribution in [0, 0.1) is 20.8 Å². The Morgan fingerprint density at radius 2 is 1.83 bits per heavy atom. The van der Waals surface area contributed by atoms with Gasteiger partial charge in [-0.25, -0.2) is 8.42 Å². The van der Waals surface area contributed by atoms with Gasteiger partial charge in [-0.1, -0.05) is 17.7 Å². The summed E-state index contributed by atoms with van der Waals surface area (Å²) < 4.78 is 38.6. The molecule has 2 saturated heterocycles. The fourth-order valence-electron chi connectivity index (χ4n) is 4.32. The first-order valence-electron chi connectivity index (χ1n) is 10.3.